The Morgan fingerprint density at radius 3 is 2.69 bits per heavy atom. The first-order valence-electron chi connectivity index (χ1n) is 6.83. The lowest BCUT2D eigenvalue weighted by molar-refractivity contribution is 0.110. The van der Waals surface area contributed by atoms with Gasteiger partial charge in [0, 0.05) is 18.6 Å². The molecule has 16 heavy (non-hydrogen) atoms. The quantitative estimate of drug-likeness (QED) is 0.760. The molecule has 0 radical (unpaired) electrons. The van der Waals surface area contributed by atoms with Crippen LogP contribution in [0.4, 0.5) is 0 Å². The Morgan fingerprint density at radius 2 is 2.00 bits per heavy atom. The van der Waals surface area contributed by atoms with Gasteiger partial charge in [0.25, 0.3) is 0 Å². The van der Waals surface area contributed by atoms with E-state index in [2.05, 4.69) is 11.8 Å². The molecule has 1 heterocycles. The summed E-state index contributed by atoms with van der Waals surface area (Å²) in [6.45, 7) is 4.82. The second-order valence-electron chi connectivity index (χ2n) is 5.72. The summed E-state index contributed by atoms with van der Waals surface area (Å²) >= 11 is 0. The van der Waals surface area contributed by atoms with Crippen LogP contribution in [0.2, 0.25) is 0 Å². The topological polar surface area (TPSA) is 49.5 Å². The molecule has 0 aromatic carbocycles. The van der Waals surface area contributed by atoms with Gasteiger partial charge in [0.05, 0.1) is 6.61 Å². The number of hydrogen-bond donors (Lipinski definition) is 2. The average Bonchev–Trinajstić information content (AvgIpc) is 2.63. The summed E-state index contributed by atoms with van der Waals surface area (Å²) in [7, 11) is 0. The van der Waals surface area contributed by atoms with Crippen LogP contribution in [0, 0.1) is 11.8 Å². The number of aliphatic hydroxyl groups is 1. The fourth-order valence-electron chi connectivity index (χ4n) is 3.37. The van der Waals surface area contributed by atoms with Crippen LogP contribution in [0.3, 0.4) is 0 Å². The summed E-state index contributed by atoms with van der Waals surface area (Å²) in [6, 6.07) is 0.776. The Bertz CT molecular complexity index is 222. The van der Waals surface area contributed by atoms with Gasteiger partial charge in [0.1, 0.15) is 0 Å². The van der Waals surface area contributed by atoms with Crippen molar-refractivity contribution in [3.63, 3.8) is 0 Å². The predicted molar refractivity (Wildman–Crippen MR) is 66.2 cm³/mol. The molecule has 0 aromatic heterocycles. The van der Waals surface area contributed by atoms with Crippen molar-refractivity contribution in [2.24, 2.45) is 17.6 Å². The Balaban J connectivity index is 1.88. The van der Waals surface area contributed by atoms with E-state index in [0.717, 1.165) is 13.1 Å². The summed E-state index contributed by atoms with van der Waals surface area (Å²) in [5.41, 5.74) is 6.19. The van der Waals surface area contributed by atoms with Crippen molar-refractivity contribution < 1.29 is 5.11 Å². The summed E-state index contributed by atoms with van der Waals surface area (Å²) in [6.07, 6.45) is 6.35. The molecule has 4 unspecified atom stereocenters. The smallest absolute Gasteiger partial charge is 0.0589 e. The number of aliphatic hydroxyl groups excluding tert-OH is 1. The third kappa shape index (κ3) is 2.58. The van der Waals surface area contributed by atoms with E-state index in [4.69, 9.17) is 5.73 Å². The molecule has 0 aromatic rings. The molecule has 1 aliphatic carbocycles. The van der Waals surface area contributed by atoms with E-state index >= 15 is 0 Å². The molecule has 1 saturated carbocycles. The van der Waals surface area contributed by atoms with Gasteiger partial charge in [-0.05, 0) is 37.6 Å². The summed E-state index contributed by atoms with van der Waals surface area (Å²) < 4.78 is 0. The molecule has 3 N–H and O–H groups in total. The van der Waals surface area contributed by atoms with E-state index in [0.29, 0.717) is 30.5 Å². The number of hydrogen-bond acceptors (Lipinski definition) is 3. The van der Waals surface area contributed by atoms with Gasteiger partial charge < -0.3 is 10.8 Å². The fourth-order valence-corrected chi connectivity index (χ4v) is 3.37. The molecule has 0 amide bonds. The lowest BCUT2D eigenvalue weighted by Crippen LogP contribution is -2.44. The maximum Gasteiger partial charge on any atom is 0.0589 e. The van der Waals surface area contributed by atoms with Crippen molar-refractivity contribution in [3.8, 4) is 0 Å². The molecule has 2 rings (SSSR count). The average molecular weight is 226 g/mol. The van der Waals surface area contributed by atoms with Gasteiger partial charge in [-0.1, -0.05) is 19.8 Å². The van der Waals surface area contributed by atoms with E-state index in [1.165, 1.54) is 32.1 Å². The van der Waals surface area contributed by atoms with Crippen molar-refractivity contribution in [1.82, 2.24) is 4.90 Å². The molecule has 3 heteroatoms. The Labute approximate surface area is 99.0 Å². The van der Waals surface area contributed by atoms with Crippen LogP contribution in [0.5, 0.6) is 0 Å². The minimum atomic E-state index is 0.309. The first kappa shape index (κ1) is 12.3. The highest BCUT2D eigenvalue weighted by atomic mass is 16.3. The molecule has 1 saturated heterocycles. The standard InChI is InChI=1S/C13H26N2O/c1-10-6-7-15(13(10)9-16)8-11-4-2-3-5-12(11)14/h10-13,16H,2-9,14H2,1H3. The largest absolute Gasteiger partial charge is 0.395 e. The van der Waals surface area contributed by atoms with Crippen LogP contribution in [-0.2, 0) is 0 Å². The SMILES string of the molecule is CC1CCN(CC2CCCCC2N)C1CO. The zero-order valence-corrected chi connectivity index (χ0v) is 10.4. The molecule has 3 nitrogen and oxygen atoms in total. The summed E-state index contributed by atoms with van der Waals surface area (Å²) in [5, 5.41) is 9.43. The van der Waals surface area contributed by atoms with Crippen molar-refractivity contribution in [3.05, 3.63) is 0 Å². The molecule has 0 spiro atoms. The zero-order valence-electron chi connectivity index (χ0n) is 10.4. The van der Waals surface area contributed by atoms with E-state index in [1.54, 1.807) is 0 Å². The van der Waals surface area contributed by atoms with Crippen LogP contribution in [0.1, 0.15) is 39.0 Å². The normalized spacial score (nSPS) is 41.4. The fraction of sp³-hybridized carbons (Fsp3) is 1.00. The molecule has 2 aliphatic rings. The van der Waals surface area contributed by atoms with Crippen LogP contribution in [-0.4, -0.2) is 41.8 Å². The number of rotatable bonds is 3. The Kier molecular flexibility index (Phi) is 4.22. The van der Waals surface area contributed by atoms with Gasteiger partial charge in [-0.2, -0.15) is 0 Å². The number of likely N-dealkylation sites (tertiary alicyclic amines) is 1. The van der Waals surface area contributed by atoms with Gasteiger partial charge >= 0.3 is 0 Å². The lowest BCUT2D eigenvalue weighted by Gasteiger charge is -2.34. The van der Waals surface area contributed by atoms with Gasteiger partial charge in [0.15, 0.2) is 0 Å². The highest BCUT2D eigenvalue weighted by Crippen LogP contribution is 2.29. The highest BCUT2D eigenvalue weighted by Gasteiger charge is 2.33. The Hall–Kier alpha value is -0.120. The Morgan fingerprint density at radius 1 is 1.25 bits per heavy atom. The lowest BCUT2D eigenvalue weighted by atomic mass is 9.84. The molecular weight excluding hydrogens is 200 g/mol. The summed E-state index contributed by atoms with van der Waals surface area (Å²) in [5.74, 6) is 1.30. The molecule has 4 atom stereocenters. The summed E-state index contributed by atoms with van der Waals surface area (Å²) in [4.78, 5) is 2.47. The van der Waals surface area contributed by atoms with Crippen molar-refractivity contribution in [2.75, 3.05) is 19.7 Å². The van der Waals surface area contributed by atoms with Gasteiger partial charge in [-0.3, -0.25) is 4.90 Å². The van der Waals surface area contributed by atoms with Gasteiger partial charge in [-0.15, -0.1) is 0 Å². The first-order chi connectivity index (χ1) is 7.72. The van der Waals surface area contributed by atoms with Crippen LogP contribution < -0.4 is 5.73 Å². The van der Waals surface area contributed by atoms with Crippen molar-refractivity contribution in [1.29, 1.82) is 0 Å². The predicted octanol–water partition coefficient (Wildman–Crippen LogP) is 1.21. The van der Waals surface area contributed by atoms with E-state index < -0.39 is 0 Å². The van der Waals surface area contributed by atoms with Gasteiger partial charge in [0.2, 0.25) is 0 Å². The zero-order chi connectivity index (χ0) is 11.5. The van der Waals surface area contributed by atoms with Gasteiger partial charge in [-0.25, -0.2) is 0 Å². The maximum atomic E-state index is 9.43. The van der Waals surface area contributed by atoms with Crippen LogP contribution >= 0.6 is 0 Å². The van der Waals surface area contributed by atoms with E-state index in [9.17, 15) is 5.11 Å². The number of nitrogens with zero attached hydrogens (tertiary/aromatic N) is 1. The minimum Gasteiger partial charge on any atom is -0.395 e. The third-order valence-corrected chi connectivity index (χ3v) is 4.62. The second kappa shape index (κ2) is 5.48. The molecular formula is C13H26N2O. The monoisotopic (exact) mass is 226 g/mol. The van der Waals surface area contributed by atoms with E-state index in [1.807, 2.05) is 0 Å². The highest BCUT2D eigenvalue weighted by molar-refractivity contribution is 4.88. The molecule has 0 bridgehead atoms. The molecule has 94 valence electrons. The first-order valence-corrected chi connectivity index (χ1v) is 6.83. The van der Waals surface area contributed by atoms with Crippen LogP contribution in [0.25, 0.3) is 0 Å². The minimum absolute atomic E-state index is 0.309. The van der Waals surface area contributed by atoms with Crippen molar-refractivity contribution in [2.45, 2.75) is 51.1 Å². The third-order valence-electron chi connectivity index (χ3n) is 4.62. The van der Waals surface area contributed by atoms with Crippen molar-refractivity contribution >= 4 is 0 Å². The maximum absolute atomic E-state index is 9.43. The second-order valence-corrected chi connectivity index (χ2v) is 5.72. The molecule has 2 fully saturated rings. The number of nitrogens with two attached hydrogens (primary N) is 1. The van der Waals surface area contributed by atoms with E-state index in [-0.39, 0.29) is 0 Å². The van der Waals surface area contributed by atoms with Crippen LogP contribution in [0.15, 0.2) is 0 Å². The molecule has 1 aliphatic heterocycles.